The van der Waals surface area contributed by atoms with Gasteiger partial charge in [0.05, 0.1) is 6.04 Å². The molecule has 24 heavy (non-hydrogen) atoms. The van der Waals surface area contributed by atoms with Crippen LogP contribution >= 0.6 is 0 Å². The van der Waals surface area contributed by atoms with E-state index in [-0.39, 0.29) is 17.6 Å². The van der Waals surface area contributed by atoms with E-state index in [2.05, 4.69) is 17.6 Å². The van der Waals surface area contributed by atoms with E-state index in [0.717, 1.165) is 36.2 Å². The summed E-state index contributed by atoms with van der Waals surface area (Å²) >= 11 is 0. The van der Waals surface area contributed by atoms with Crippen LogP contribution in [0.1, 0.15) is 35.3 Å². The van der Waals surface area contributed by atoms with Gasteiger partial charge in [0.25, 0.3) is 0 Å². The average Bonchev–Trinajstić information content (AvgIpc) is 2.95. The Morgan fingerprint density at radius 2 is 2.04 bits per heavy atom. The van der Waals surface area contributed by atoms with Crippen molar-refractivity contribution in [1.29, 1.82) is 0 Å². The summed E-state index contributed by atoms with van der Waals surface area (Å²) in [6, 6.07) is 13.3. The monoisotopic (exact) mass is 324 g/mol. The molecule has 1 aliphatic heterocycles. The molecular weight excluding hydrogens is 300 g/mol. The minimum absolute atomic E-state index is 0.128. The summed E-state index contributed by atoms with van der Waals surface area (Å²) in [5.74, 6) is 0.402. The van der Waals surface area contributed by atoms with Crippen molar-refractivity contribution in [2.45, 2.75) is 38.8 Å². The minimum Gasteiger partial charge on any atom is -0.508 e. The number of hydrogen-bond acceptors (Lipinski definition) is 4. The number of carbonyl (C=O) groups excluding carboxylic acids is 1. The zero-order chi connectivity index (χ0) is 17.1. The molecule has 0 spiro atoms. The Bertz CT molecular complexity index is 725. The molecule has 2 unspecified atom stereocenters. The first-order valence-corrected chi connectivity index (χ1v) is 8.48. The van der Waals surface area contributed by atoms with Crippen LogP contribution in [0.3, 0.4) is 0 Å². The normalized spacial score (nSPS) is 17.2. The zero-order valence-corrected chi connectivity index (χ0v) is 14.2. The lowest BCUT2D eigenvalue weighted by Gasteiger charge is -2.13. The SMILES string of the molecule is CC1Cc2cc(C(=O)C(C)NCCc3ccc(O)cc3)ccc2N1. The molecule has 2 atom stereocenters. The van der Waals surface area contributed by atoms with Crippen molar-refractivity contribution in [2.75, 3.05) is 11.9 Å². The molecule has 126 valence electrons. The van der Waals surface area contributed by atoms with Crippen LogP contribution in [-0.4, -0.2) is 29.5 Å². The summed E-state index contributed by atoms with van der Waals surface area (Å²) in [4.78, 5) is 12.6. The first-order chi connectivity index (χ1) is 11.5. The summed E-state index contributed by atoms with van der Waals surface area (Å²) in [5, 5.41) is 16.0. The van der Waals surface area contributed by atoms with Gasteiger partial charge in [-0.05, 0) is 74.7 Å². The topological polar surface area (TPSA) is 61.4 Å². The van der Waals surface area contributed by atoms with E-state index >= 15 is 0 Å². The average molecular weight is 324 g/mol. The Hall–Kier alpha value is -2.33. The van der Waals surface area contributed by atoms with E-state index in [1.54, 1.807) is 12.1 Å². The van der Waals surface area contributed by atoms with Crippen molar-refractivity contribution in [1.82, 2.24) is 5.32 Å². The molecule has 0 aliphatic carbocycles. The molecule has 0 saturated heterocycles. The fourth-order valence-electron chi connectivity index (χ4n) is 3.14. The Morgan fingerprint density at radius 3 is 2.79 bits per heavy atom. The highest BCUT2D eigenvalue weighted by molar-refractivity contribution is 6.00. The molecule has 3 rings (SSSR count). The summed E-state index contributed by atoms with van der Waals surface area (Å²) in [6.07, 6.45) is 1.79. The van der Waals surface area contributed by atoms with Crippen LogP contribution < -0.4 is 10.6 Å². The number of carbonyl (C=O) groups is 1. The second-order valence-corrected chi connectivity index (χ2v) is 6.58. The first-order valence-electron chi connectivity index (χ1n) is 8.48. The number of anilines is 1. The largest absolute Gasteiger partial charge is 0.508 e. The number of ketones is 1. The second-order valence-electron chi connectivity index (χ2n) is 6.58. The Kier molecular flexibility index (Phi) is 4.86. The number of fused-ring (bicyclic) bond motifs is 1. The van der Waals surface area contributed by atoms with Crippen LogP contribution in [0.15, 0.2) is 42.5 Å². The Labute approximate surface area is 142 Å². The molecule has 1 heterocycles. The standard InChI is InChI=1S/C20H24N2O2/c1-13-11-17-12-16(5-8-19(17)22-13)20(24)14(2)21-10-9-15-3-6-18(23)7-4-15/h3-8,12-14,21-23H,9-11H2,1-2H3. The van der Waals surface area contributed by atoms with Crippen molar-refractivity contribution >= 4 is 11.5 Å². The quantitative estimate of drug-likeness (QED) is 0.714. The van der Waals surface area contributed by atoms with Crippen LogP contribution in [0.2, 0.25) is 0 Å². The summed E-state index contributed by atoms with van der Waals surface area (Å²) in [6.45, 7) is 4.78. The predicted molar refractivity (Wildman–Crippen MR) is 96.8 cm³/mol. The lowest BCUT2D eigenvalue weighted by Crippen LogP contribution is -2.35. The van der Waals surface area contributed by atoms with Gasteiger partial charge in [0.15, 0.2) is 5.78 Å². The summed E-state index contributed by atoms with van der Waals surface area (Å²) in [5.41, 5.74) is 4.28. The number of Topliss-reactive ketones (excluding diaryl/α,β-unsaturated/α-hetero) is 1. The molecule has 0 fully saturated rings. The summed E-state index contributed by atoms with van der Waals surface area (Å²) < 4.78 is 0. The summed E-state index contributed by atoms with van der Waals surface area (Å²) in [7, 11) is 0. The third-order valence-electron chi connectivity index (χ3n) is 4.51. The number of phenolic OH excluding ortho intramolecular Hbond substituents is 1. The van der Waals surface area contributed by atoms with Crippen molar-refractivity contribution in [3.8, 4) is 5.75 Å². The van der Waals surface area contributed by atoms with Gasteiger partial charge in [0.2, 0.25) is 0 Å². The van der Waals surface area contributed by atoms with Gasteiger partial charge in [-0.25, -0.2) is 0 Å². The Morgan fingerprint density at radius 1 is 1.29 bits per heavy atom. The van der Waals surface area contributed by atoms with Crippen molar-refractivity contribution in [2.24, 2.45) is 0 Å². The molecule has 2 aromatic rings. The fourth-order valence-corrected chi connectivity index (χ4v) is 3.14. The number of benzene rings is 2. The maximum Gasteiger partial charge on any atom is 0.179 e. The number of aromatic hydroxyl groups is 1. The van der Waals surface area contributed by atoms with Gasteiger partial charge < -0.3 is 15.7 Å². The van der Waals surface area contributed by atoms with Crippen molar-refractivity contribution < 1.29 is 9.90 Å². The molecular formula is C20H24N2O2. The van der Waals surface area contributed by atoms with Gasteiger partial charge in [-0.1, -0.05) is 12.1 Å². The van der Waals surface area contributed by atoms with Crippen LogP contribution in [0.5, 0.6) is 5.75 Å². The molecule has 4 heteroatoms. The molecule has 4 nitrogen and oxygen atoms in total. The van der Waals surface area contributed by atoms with Crippen LogP contribution in [0, 0.1) is 0 Å². The molecule has 3 N–H and O–H groups in total. The van der Waals surface area contributed by atoms with E-state index in [0.29, 0.717) is 6.04 Å². The number of phenols is 1. The third-order valence-corrected chi connectivity index (χ3v) is 4.51. The molecule has 0 radical (unpaired) electrons. The maximum atomic E-state index is 12.6. The highest BCUT2D eigenvalue weighted by Gasteiger charge is 2.20. The van der Waals surface area contributed by atoms with E-state index < -0.39 is 0 Å². The lowest BCUT2D eigenvalue weighted by molar-refractivity contribution is 0.0951. The van der Waals surface area contributed by atoms with Gasteiger partial charge in [-0.15, -0.1) is 0 Å². The van der Waals surface area contributed by atoms with Crippen LogP contribution in [-0.2, 0) is 12.8 Å². The second kappa shape index (κ2) is 7.05. The van der Waals surface area contributed by atoms with Gasteiger partial charge in [-0.3, -0.25) is 4.79 Å². The molecule has 0 saturated carbocycles. The van der Waals surface area contributed by atoms with E-state index in [1.807, 2.05) is 37.3 Å². The molecule has 2 aromatic carbocycles. The lowest BCUT2D eigenvalue weighted by atomic mass is 10.0. The third kappa shape index (κ3) is 3.77. The molecule has 1 aliphatic rings. The smallest absolute Gasteiger partial charge is 0.179 e. The number of nitrogens with one attached hydrogen (secondary N) is 2. The molecule has 0 bridgehead atoms. The molecule has 0 aromatic heterocycles. The number of rotatable bonds is 6. The Balaban J connectivity index is 1.55. The van der Waals surface area contributed by atoms with E-state index in [4.69, 9.17) is 0 Å². The maximum absolute atomic E-state index is 12.6. The van der Waals surface area contributed by atoms with Crippen LogP contribution in [0.25, 0.3) is 0 Å². The van der Waals surface area contributed by atoms with Gasteiger partial charge in [0, 0.05) is 17.3 Å². The van der Waals surface area contributed by atoms with Crippen molar-refractivity contribution in [3.63, 3.8) is 0 Å². The predicted octanol–water partition coefficient (Wildman–Crippen LogP) is 3.15. The number of hydrogen-bond donors (Lipinski definition) is 3. The van der Waals surface area contributed by atoms with E-state index in [1.165, 1.54) is 5.56 Å². The highest BCUT2D eigenvalue weighted by Crippen LogP contribution is 2.26. The highest BCUT2D eigenvalue weighted by atomic mass is 16.3. The zero-order valence-electron chi connectivity index (χ0n) is 14.2. The van der Waals surface area contributed by atoms with Crippen molar-refractivity contribution in [3.05, 3.63) is 59.2 Å². The minimum atomic E-state index is -0.216. The first kappa shape index (κ1) is 16.5. The van der Waals surface area contributed by atoms with Crippen LogP contribution in [0.4, 0.5) is 5.69 Å². The molecule has 0 amide bonds. The van der Waals surface area contributed by atoms with Gasteiger partial charge in [0.1, 0.15) is 5.75 Å². The van der Waals surface area contributed by atoms with E-state index in [9.17, 15) is 9.90 Å². The fraction of sp³-hybridized carbons (Fsp3) is 0.350. The van der Waals surface area contributed by atoms with Gasteiger partial charge in [-0.2, -0.15) is 0 Å². The van der Waals surface area contributed by atoms with Gasteiger partial charge >= 0.3 is 0 Å².